The predicted molar refractivity (Wildman–Crippen MR) is 185 cm³/mol. The molecule has 2 atom stereocenters. The van der Waals surface area contributed by atoms with E-state index in [-0.39, 0.29) is 29.8 Å². The highest BCUT2D eigenvalue weighted by molar-refractivity contribution is 7.92. The molecule has 0 saturated heterocycles. The lowest BCUT2D eigenvalue weighted by molar-refractivity contribution is -0.140. The Labute approximate surface area is 278 Å². The van der Waals surface area contributed by atoms with Gasteiger partial charge in [0.2, 0.25) is 11.8 Å². The number of anilines is 1. The molecule has 0 radical (unpaired) electrons. The normalized spacial score (nSPS) is 12.7. The molecule has 0 aliphatic heterocycles. The van der Waals surface area contributed by atoms with Crippen molar-refractivity contribution in [3.63, 3.8) is 0 Å². The number of hydrogen-bond acceptors (Lipinski definition) is 4. The molecule has 0 aliphatic rings. The van der Waals surface area contributed by atoms with E-state index in [0.717, 1.165) is 22.3 Å². The van der Waals surface area contributed by atoms with Gasteiger partial charge < -0.3 is 10.2 Å². The van der Waals surface area contributed by atoms with E-state index in [0.29, 0.717) is 22.7 Å². The van der Waals surface area contributed by atoms with Crippen LogP contribution in [0.25, 0.3) is 0 Å². The SMILES string of the molecule is CC[C@@H](C)NC(=O)[C@H](Cc1ccccc1)N(Cc1cccc(Cl)c1)C(=O)CN(c1cc(C)ccc1C)S(=O)(=O)c1ccc(C)cc1. The van der Waals surface area contributed by atoms with Gasteiger partial charge in [0.1, 0.15) is 12.6 Å². The molecule has 0 aromatic heterocycles. The quantitative estimate of drug-likeness (QED) is 0.167. The standard InChI is InChI=1S/C37H42ClN3O4S/c1-6-29(5)39-37(43)35(23-30-11-8-7-9-12-30)40(24-31-13-10-14-32(38)22-31)36(42)25-41(34-21-27(3)15-18-28(34)4)46(44,45)33-19-16-26(2)17-20-33/h7-22,29,35H,6,23-25H2,1-5H3,(H,39,43)/t29-,35+/m1/s1. The number of amides is 2. The van der Waals surface area contributed by atoms with Crippen molar-refractivity contribution in [2.45, 2.75) is 71.0 Å². The fourth-order valence-electron chi connectivity index (χ4n) is 5.17. The highest BCUT2D eigenvalue weighted by atomic mass is 35.5. The summed E-state index contributed by atoms with van der Waals surface area (Å²) in [5.74, 6) is -0.829. The number of nitrogens with one attached hydrogen (secondary N) is 1. The molecule has 0 bridgehead atoms. The minimum atomic E-state index is -4.18. The fraction of sp³-hybridized carbons (Fsp3) is 0.297. The number of sulfonamides is 1. The average molecular weight is 660 g/mol. The van der Waals surface area contributed by atoms with Crippen LogP contribution in [0.15, 0.2) is 102 Å². The summed E-state index contributed by atoms with van der Waals surface area (Å²) in [5.41, 5.74) is 4.45. The Morgan fingerprint density at radius 1 is 0.826 bits per heavy atom. The minimum absolute atomic E-state index is 0.0516. The Hall–Kier alpha value is -4.14. The number of carbonyl (C=O) groups is 2. The zero-order chi connectivity index (χ0) is 33.4. The molecule has 4 rings (SSSR count). The van der Waals surface area contributed by atoms with E-state index < -0.39 is 28.5 Å². The lowest BCUT2D eigenvalue weighted by atomic mass is 10.0. The smallest absolute Gasteiger partial charge is 0.264 e. The third kappa shape index (κ3) is 8.77. The van der Waals surface area contributed by atoms with Crippen LogP contribution in [0.3, 0.4) is 0 Å². The Morgan fingerprint density at radius 3 is 2.13 bits per heavy atom. The van der Waals surface area contributed by atoms with Crippen LogP contribution in [0.2, 0.25) is 5.02 Å². The number of benzene rings is 4. The van der Waals surface area contributed by atoms with Crippen molar-refractivity contribution in [1.29, 1.82) is 0 Å². The van der Waals surface area contributed by atoms with Gasteiger partial charge in [0.05, 0.1) is 10.6 Å². The number of rotatable bonds is 13. The molecule has 0 heterocycles. The maximum absolute atomic E-state index is 14.6. The Morgan fingerprint density at radius 2 is 1.48 bits per heavy atom. The van der Waals surface area contributed by atoms with Crippen LogP contribution in [0, 0.1) is 20.8 Å². The molecule has 0 fully saturated rings. The summed E-state index contributed by atoms with van der Waals surface area (Å²) in [5, 5.41) is 3.55. The first kappa shape index (κ1) is 34.7. The minimum Gasteiger partial charge on any atom is -0.352 e. The van der Waals surface area contributed by atoms with Crippen molar-refractivity contribution in [2.24, 2.45) is 0 Å². The van der Waals surface area contributed by atoms with Crippen LogP contribution < -0.4 is 9.62 Å². The summed E-state index contributed by atoms with van der Waals surface area (Å²) in [6, 6.07) is 27.6. The van der Waals surface area contributed by atoms with Gasteiger partial charge in [0, 0.05) is 24.0 Å². The van der Waals surface area contributed by atoms with Crippen LogP contribution in [0.1, 0.15) is 48.1 Å². The van der Waals surface area contributed by atoms with Crippen molar-refractivity contribution in [3.8, 4) is 0 Å². The summed E-state index contributed by atoms with van der Waals surface area (Å²) in [4.78, 5) is 30.2. The largest absolute Gasteiger partial charge is 0.352 e. The van der Waals surface area contributed by atoms with Gasteiger partial charge >= 0.3 is 0 Å². The number of nitrogens with zero attached hydrogens (tertiary/aromatic N) is 2. The van der Waals surface area contributed by atoms with Gasteiger partial charge in [-0.2, -0.15) is 0 Å². The highest BCUT2D eigenvalue weighted by Gasteiger charge is 2.35. The van der Waals surface area contributed by atoms with Crippen molar-refractivity contribution in [3.05, 3.63) is 130 Å². The number of carbonyl (C=O) groups excluding carboxylic acids is 2. The third-order valence-corrected chi connectivity index (χ3v) is 10.0. The van der Waals surface area contributed by atoms with E-state index in [2.05, 4.69) is 5.32 Å². The molecule has 0 unspecified atom stereocenters. The first-order chi connectivity index (χ1) is 21.9. The maximum Gasteiger partial charge on any atom is 0.264 e. The molecule has 1 N–H and O–H groups in total. The molecule has 0 aliphatic carbocycles. The predicted octanol–water partition coefficient (Wildman–Crippen LogP) is 7.02. The Kier molecular flexibility index (Phi) is 11.7. The van der Waals surface area contributed by atoms with Crippen LogP contribution >= 0.6 is 11.6 Å². The molecule has 4 aromatic carbocycles. The summed E-state index contributed by atoms with van der Waals surface area (Å²) in [7, 11) is -4.18. The molecule has 0 saturated carbocycles. The third-order valence-electron chi connectivity index (χ3n) is 8.04. The van der Waals surface area contributed by atoms with E-state index >= 15 is 0 Å². The van der Waals surface area contributed by atoms with Crippen molar-refractivity contribution >= 4 is 39.1 Å². The van der Waals surface area contributed by atoms with Gasteiger partial charge in [-0.1, -0.05) is 90.8 Å². The highest BCUT2D eigenvalue weighted by Crippen LogP contribution is 2.29. The zero-order valence-electron chi connectivity index (χ0n) is 27.0. The summed E-state index contributed by atoms with van der Waals surface area (Å²) in [6.45, 7) is 9.01. The number of halogens is 1. The van der Waals surface area contributed by atoms with Gasteiger partial charge in [0.15, 0.2) is 0 Å². The lowest BCUT2D eigenvalue weighted by Crippen LogP contribution is -2.54. The van der Waals surface area contributed by atoms with Crippen molar-refractivity contribution < 1.29 is 18.0 Å². The molecule has 9 heteroatoms. The van der Waals surface area contributed by atoms with E-state index in [1.807, 2.05) is 83.1 Å². The average Bonchev–Trinajstić information content (AvgIpc) is 3.03. The first-order valence-electron chi connectivity index (χ1n) is 15.4. The maximum atomic E-state index is 14.6. The van der Waals surface area contributed by atoms with E-state index in [1.165, 1.54) is 9.21 Å². The molecule has 4 aromatic rings. The second kappa shape index (κ2) is 15.4. The first-order valence-corrected chi connectivity index (χ1v) is 17.3. The van der Waals surface area contributed by atoms with Gasteiger partial charge in [-0.05, 0) is 86.7 Å². The number of aryl methyl sites for hydroxylation is 3. The van der Waals surface area contributed by atoms with E-state index in [4.69, 9.17) is 11.6 Å². The fourth-order valence-corrected chi connectivity index (χ4v) is 6.85. The van der Waals surface area contributed by atoms with Gasteiger partial charge in [-0.25, -0.2) is 8.42 Å². The van der Waals surface area contributed by atoms with E-state index in [1.54, 1.807) is 48.5 Å². The molecule has 7 nitrogen and oxygen atoms in total. The topological polar surface area (TPSA) is 86.8 Å². The second-order valence-electron chi connectivity index (χ2n) is 11.8. The van der Waals surface area contributed by atoms with Crippen LogP contribution in [-0.4, -0.2) is 43.8 Å². The van der Waals surface area contributed by atoms with E-state index in [9.17, 15) is 18.0 Å². The lowest BCUT2D eigenvalue weighted by Gasteiger charge is -2.34. The van der Waals surface area contributed by atoms with Crippen molar-refractivity contribution in [2.75, 3.05) is 10.8 Å². The summed E-state index contributed by atoms with van der Waals surface area (Å²) < 4.78 is 29.8. The molecule has 0 spiro atoms. The Bertz CT molecular complexity index is 1760. The summed E-state index contributed by atoms with van der Waals surface area (Å²) >= 11 is 6.33. The van der Waals surface area contributed by atoms with Gasteiger partial charge in [-0.3, -0.25) is 13.9 Å². The molecule has 242 valence electrons. The number of hydrogen-bond donors (Lipinski definition) is 1. The zero-order valence-corrected chi connectivity index (χ0v) is 28.6. The molecule has 2 amide bonds. The van der Waals surface area contributed by atoms with Crippen molar-refractivity contribution in [1.82, 2.24) is 10.2 Å². The molecule has 46 heavy (non-hydrogen) atoms. The Balaban J connectivity index is 1.84. The second-order valence-corrected chi connectivity index (χ2v) is 14.1. The van der Waals surface area contributed by atoms with Crippen LogP contribution in [0.5, 0.6) is 0 Å². The summed E-state index contributed by atoms with van der Waals surface area (Å²) in [6.07, 6.45) is 0.949. The van der Waals surface area contributed by atoms with Crippen LogP contribution in [0.4, 0.5) is 5.69 Å². The van der Waals surface area contributed by atoms with Crippen LogP contribution in [-0.2, 0) is 32.6 Å². The monoisotopic (exact) mass is 659 g/mol. The van der Waals surface area contributed by atoms with Gasteiger partial charge in [0.25, 0.3) is 10.0 Å². The molecular weight excluding hydrogens is 618 g/mol. The molecular formula is C37H42ClN3O4S. The van der Waals surface area contributed by atoms with Gasteiger partial charge in [-0.15, -0.1) is 0 Å².